The molecule has 3 heterocycles. The van der Waals surface area contributed by atoms with Gasteiger partial charge in [-0.05, 0) is 88.0 Å². The van der Waals surface area contributed by atoms with Crippen LogP contribution in [0.15, 0.2) is 212 Å². The molecule has 1 N–H and O–H groups in total. The maximum atomic E-state index is 5.08. The molecule has 0 fully saturated rings. The topological polar surface area (TPSA) is 38.5 Å². The first kappa shape index (κ1) is 32.5. The van der Waals surface area contributed by atoms with Gasteiger partial charge in [0.25, 0.3) is 0 Å². The summed E-state index contributed by atoms with van der Waals surface area (Å²) in [6, 6.07) is 74.4. The molecular weight excluding hydrogens is 705 g/mol. The van der Waals surface area contributed by atoms with E-state index in [2.05, 4.69) is 221 Å². The van der Waals surface area contributed by atoms with E-state index < -0.39 is 5.41 Å². The molecule has 4 nitrogen and oxygen atoms in total. The van der Waals surface area contributed by atoms with Crippen LogP contribution in [0.5, 0.6) is 0 Å². The number of nitrogens with one attached hydrogen (secondary N) is 1. The van der Waals surface area contributed by atoms with E-state index in [1.54, 1.807) is 0 Å². The fourth-order valence-corrected chi connectivity index (χ4v) is 9.77. The Morgan fingerprint density at radius 2 is 1.00 bits per heavy atom. The highest BCUT2D eigenvalue weighted by molar-refractivity contribution is 6.18. The van der Waals surface area contributed by atoms with Crippen molar-refractivity contribution >= 4 is 32.8 Å². The van der Waals surface area contributed by atoms with Gasteiger partial charge in [0, 0.05) is 45.2 Å². The quantitative estimate of drug-likeness (QED) is 0.181. The van der Waals surface area contributed by atoms with Gasteiger partial charge in [-0.25, -0.2) is 4.98 Å². The van der Waals surface area contributed by atoms with Gasteiger partial charge in [0.2, 0.25) is 0 Å². The summed E-state index contributed by atoms with van der Waals surface area (Å²) in [6.07, 6.45) is 2.11. The molecule has 3 aromatic heterocycles. The molecule has 0 amide bonds. The van der Waals surface area contributed by atoms with Crippen LogP contribution in [-0.4, -0.2) is 19.1 Å². The predicted molar refractivity (Wildman–Crippen MR) is 238 cm³/mol. The predicted octanol–water partition coefficient (Wildman–Crippen LogP) is 13.1. The Kier molecular flexibility index (Phi) is 7.11. The number of para-hydroxylation sites is 4. The standard InChI is InChI=1S/C54H36N4/c1-4-14-39(15-5-1)54(40-16-6-2-7-17-40)45-32-33-49-51(50(45)44-34-35-55-52(44)54)43-20-10-12-22-47(43)57(49)42-30-28-37(29-31-42)36-24-26-38(27-25-36)53-56-46-21-11-13-23-48(46)58(53)41-18-8-3-9-19-41/h1-35,55H. The van der Waals surface area contributed by atoms with Gasteiger partial charge in [0.05, 0.1) is 27.5 Å². The molecule has 11 aromatic rings. The van der Waals surface area contributed by atoms with Gasteiger partial charge in [-0.3, -0.25) is 4.57 Å². The molecular formula is C54H36N4. The molecule has 12 rings (SSSR count). The van der Waals surface area contributed by atoms with Gasteiger partial charge in [-0.1, -0.05) is 152 Å². The lowest BCUT2D eigenvalue weighted by Gasteiger charge is -2.32. The van der Waals surface area contributed by atoms with E-state index in [9.17, 15) is 0 Å². The monoisotopic (exact) mass is 740 g/mol. The number of H-pyrrole nitrogens is 1. The number of aromatic nitrogens is 4. The summed E-state index contributed by atoms with van der Waals surface area (Å²) in [6.45, 7) is 0. The molecule has 0 bridgehead atoms. The van der Waals surface area contributed by atoms with Crippen molar-refractivity contribution in [3.8, 4) is 45.0 Å². The lowest BCUT2D eigenvalue weighted by molar-refractivity contribution is 0.743. The number of hydrogen-bond donors (Lipinski definition) is 1. The van der Waals surface area contributed by atoms with Crippen LogP contribution in [0, 0.1) is 0 Å². The van der Waals surface area contributed by atoms with Crippen molar-refractivity contribution in [1.82, 2.24) is 19.1 Å². The van der Waals surface area contributed by atoms with E-state index in [1.807, 2.05) is 6.07 Å². The van der Waals surface area contributed by atoms with Crippen molar-refractivity contribution in [2.24, 2.45) is 0 Å². The summed E-state index contributed by atoms with van der Waals surface area (Å²) in [5.41, 5.74) is 17.2. The Morgan fingerprint density at radius 1 is 0.431 bits per heavy atom. The fourth-order valence-electron chi connectivity index (χ4n) is 9.77. The van der Waals surface area contributed by atoms with Gasteiger partial charge >= 0.3 is 0 Å². The number of aromatic amines is 1. The summed E-state index contributed by atoms with van der Waals surface area (Å²) >= 11 is 0. The third kappa shape index (κ3) is 4.60. The second kappa shape index (κ2) is 12.7. The molecule has 0 unspecified atom stereocenters. The minimum absolute atomic E-state index is 0.473. The summed E-state index contributed by atoms with van der Waals surface area (Å²) in [4.78, 5) is 8.82. The Hall–Kier alpha value is -7.69. The Labute approximate surface area is 336 Å². The van der Waals surface area contributed by atoms with E-state index in [4.69, 9.17) is 4.98 Å². The molecule has 0 spiro atoms. The van der Waals surface area contributed by atoms with E-state index in [-0.39, 0.29) is 0 Å². The highest BCUT2D eigenvalue weighted by Gasteiger charge is 2.48. The zero-order chi connectivity index (χ0) is 38.2. The zero-order valence-corrected chi connectivity index (χ0v) is 31.5. The minimum Gasteiger partial charge on any atom is -0.363 e. The molecule has 0 radical (unpaired) electrons. The van der Waals surface area contributed by atoms with Gasteiger partial charge in [-0.15, -0.1) is 0 Å². The molecule has 1 aliphatic carbocycles. The summed E-state index contributed by atoms with van der Waals surface area (Å²) in [5, 5.41) is 2.53. The largest absolute Gasteiger partial charge is 0.363 e. The highest BCUT2D eigenvalue weighted by Crippen LogP contribution is 2.58. The molecule has 0 aliphatic heterocycles. The number of benzene rings is 8. The fraction of sp³-hybridized carbons (Fsp3) is 0.0185. The molecule has 4 heteroatoms. The second-order valence-electron chi connectivity index (χ2n) is 15.2. The van der Waals surface area contributed by atoms with Gasteiger partial charge in [-0.2, -0.15) is 0 Å². The number of hydrogen-bond acceptors (Lipinski definition) is 1. The van der Waals surface area contributed by atoms with Gasteiger partial charge < -0.3 is 9.55 Å². The second-order valence-corrected chi connectivity index (χ2v) is 15.2. The molecule has 0 atom stereocenters. The Bertz CT molecular complexity index is 3260. The van der Waals surface area contributed by atoms with Crippen molar-refractivity contribution in [1.29, 1.82) is 0 Å². The summed E-state index contributed by atoms with van der Waals surface area (Å²) < 4.78 is 4.68. The van der Waals surface area contributed by atoms with Crippen molar-refractivity contribution in [2.75, 3.05) is 0 Å². The van der Waals surface area contributed by atoms with Crippen LogP contribution < -0.4 is 0 Å². The first-order chi connectivity index (χ1) is 28.8. The number of imidazole rings is 1. The number of fused-ring (bicyclic) bond motifs is 8. The van der Waals surface area contributed by atoms with Crippen LogP contribution >= 0.6 is 0 Å². The Morgan fingerprint density at radius 3 is 1.71 bits per heavy atom. The minimum atomic E-state index is -0.473. The van der Waals surface area contributed by atoms with Crippen LogP contribution in [0.25, 0.3) is 77.9 Å². The average Bonchev–Trinajstić information content (AvgIpc) is 4.07. The number of nitrogens with zero attached hydrogens (tertiary/aromatic N) is 3. The molecule has 8 aromatic carbocycles. The molecule has 0 saturated carbocycles. The van der Waals surface area contributed by atoms with Crippen LogP contribution in [-0.2, 0) is 5.41 Å². The summed E-state index contributed by atoms with van der Waals surface area (Å²) in [5.74, 6) is 0.934. The van der Waals surface area contributed by atoms with Crippen LogP contribution in [0.3, 0.4) is 0 Å². The Balaban J connectivity index is 0.976. The maximum absolute atomic E-state index is 5.08. The maximum Gasteiger partial charge on any atom is 0.145 e. The molecule has 58 heavy (non-hydrogen) atoms. The van der Waals surface area contributed by atoms with Crippen LogP contribution in [0.2, 0.25) is 0 Å². The third-order valence-corrected chi connectivity index (χ3v) is 12.2. The van der Waals surface area contributed by atoms with Crippen molar-refractivity contribution in [3.05, 3.63) is 235 Å². The summed E-state index contributed by atoms with van der Waals surface area (Å²) in [7, 11) is 0. The molecule has 0 saturated heterocycles. The van der Waals surface area contributed by atoms with E-state index in [1.165, 1.54) is 60.9 Å². The molecule has 1 aliphatic rings. The van der Waals surface area contributed by atoms with Crippen molar-refractivity contribution in [3.63, 3.8) is 0 Å². The van der Waals surface area contributed by atoms with Crippen molar-refractivity contribution in [2.45, 2.75) is 5.41 Å². The normalized spacial score (nSPS) is 13.0. The average molecular weight is 741 g/mol. The lowest BCUT2D eigenvalue weighted by atomic mass is 9.69. The SMILES string of the molecule is c1ccc(-n2c(-c3ccc(-c4ccc(-n5c6ccccc6c6c7c(ccc65)C(c5ccccc5)(c5ccccc5)c5[nH]ccc5-7)cc4)cc3)nc3ccccc32)cc1. The van der Waals surface area contributed by atoms with E-state index >= 15 is 0 Å². The van der Waals surface area contributed by atoms with E-state index in [0.717, 1.165) is 39.4 Å². The van der Waals surface area contributed by atoms with E-state index in [0.29, 0.717) is 0 Å². The first-order valence-corrected chi connectivity index (χ1v) is 19.9. The van der Waals surface area contributed by atoms with Gasteiger partial charge in [0.15, 0.2) is 0 Å². The first-order valence-electron chi connectivity index (χ1n) is 19.9. The van der Waals surface area contributed by atoms with Gasteiger partial charge in [0.1, 0.15) is 5.82 Å². The lowest BCUT2D eigenvalue weighted by Crippen LogP contribution is -2.29. The van der Waals surface area contributed by atoms with Crippen molar-refractivity contribution < 1.29 is 0 Å². The smallest absolute Gasteiger partial charge is 0.145 e. The zero-order valence-electron chi connectivity index (χ0n) is 31.5. The molecule has 272 valence electrons. The van der Waals surface area contributed by atoms with Crippen LogP contribution in [0.1, 0.15) is 22.4 Å². The third-order valence-electron chi connectivity index (χ3n) is 12.2. The number of rotatable bonds is 6. The van der Waals surface area contributed by atoms with Crippen LogP contribution in [0.4, 0.5) is 0 Å². The highest BCUT2D eigenvalue weighted by atomic mass is 15.1.